The molecular weight excluding hydrogens is 514 g/mol. The van der Waals surface area contributed by atoms with Gasteiger partial charge in [0.2, 0.25) is 5.95 Å². The van der Waals surface area contributed by atoms with Crippen molar-refractivity contribution in [2.24, 2.45) is 0 Å². The lowest BCUT2D eigenvalue weighted by Gasteiger charge is -2.16. The number of carbonyl (C=O) groups excluding carboxylic acids is 2. The van der Waals surface area contributed by atoms with Crippen LogP contribution in [0.4, 0.5) is 17.3 Å². The number of hydrogen-bond donors (Lipinski definition) is 2. The molecule has 1 aromatic heterocycles. The fraction of sp³-hybridized carbons (Fsp3) is 0.231. The molecular formula is C26H26ClN5O4S. The second-order valence-electron chi connectivity index (χ2n) is 8.63. The molecule has 0 spiro atoms. The third-order valence-electron chi connectivity index (χ3n) is 5.68. The van der Waals surface area contributed by atoms with Crippen LogP contribution in [0, 0.1) is 13.8 Å². The van der Waals surface area contributed by atoms with Crippen LogP contribution in [0.1, 0.15) is 36.7 Å². The molecule has 0 saturated heterocycles. The number of unbranched alkanes of at least 4 members (excludes halogenated alkanes) is 1. The van der Waals surface area contributed by atoms with Crippen LogP contribution in [0.15, 0.2) is 70.2 Å². The molecule has 2 amide bonds. The Morgan fingerprint density at radius 3 is 2.14 bits per heavy atom. The van der Waals surface area contributed by atoms with Crippen LogP contribution in [0.25, 0.3) is 0 Å². The average molecular weight is 540 g/mol. The van der Waals surface area contributed by atoms with E-state index in [0.29, 0.717) is 22.8 Å². The maximum absolute atomic E-state index is 13.1. The van der Waals surface area contributed by atoms with Gasteiger partial charge in [-0.3, -0.25) is 9.59 Å². The van der Waals surface area contributed by atoms with Gasteiger partial charge in [0.1, 0.15) is 10.7 Å². The molecule has 3 aromatic rings. The summed E-state index contributed by atoms with van der Waals surface area (Å²) in [5, 5.41) is 2.60. The first kappa shape index (κ1) is 26.3. The fourth-order valence-electron chi connectivity index (χ4n) is 3.85. The molecule has 0 aliphatic carbocycles. The van der Waals surface area contributed by atoms with Crippen molar-refractivity contribution in [1.29, 1.82) is 0 Å². The zero-order chi connectivity index (χ0) is 26.7. The van der Waals surface area contributed by atoms with Crippen molar-refractivity contribution in [2.45, 2.75) is 44.9 Å². The summed E-state index contributed by atoms with van der Waals surface area (Å²) >= 11 is 6.22. The van der Waals surface area contributed by atoms with E-state index in [1.165, 1.54) is 24.3 Å². The van der Waals surface area contributed by atoms with Crippen molar-refractivity contribution >= 4 is 50.8 Å². The molecule has 2 N–H and O–H groups in total. The highest BCUT2D eigenvalue weighted by molar-refractivity contribution is 7.92. The van der Waals surface area contributed by atoms with E-state index in [0.717, 1.165) is 29.7 Å². The molecule has 1 aliphatic rings. The number of halogens is 1. The molecule has 0 unspecified atom stereocenters. The number of hydrogen-bond acceptors (Lipinski definition) is 7. The second kappa shape index (κ2) is 10.7. The lowest BCUT2D eigenvalue weighted by Crippen LogP contribution is -2.32. The smallest absolute Gasteiger partial charge is 0.283 e. The zero-order valence-corrected chi connectivity index (χ0v) is 22.2. The monoisotopic (exact) mass is 539 g/mol. The van der Waals surface area contributed by atoms with Crippen molar-refractivity contribution in [1.82, 2.24) is 9.97 Å². The zero-order valence-electron chi connectivity index (χ0n) is 20.6. The first-order chi connectivity index (χ1) is 17.6. The summed E-state index contributed by atoms with van der Waals surface area (Å²) in [4.78, 5) is 35.0. The molecule has 0 saturated carbocycles. The number of aromatic nitrogens is 2. The van der Waals surface area contributed by atoms with E-state index in [9.17, 15) is 18.0 Å². The third kappa shape index (κ3) is 5.81. The van der Waals surface area contributed by atoms with E-state index in [-0.39, 0.29) is 21.6 Å². The van der Waals surface area contributed by atoms with Crippen LogP contribution in [0.3, 0.4) is 0 Å². The number of carbonyl (C=O) groups is 2. The molecule has 9 nitrogen and oxygen atoms in total. The van der Waals surface area contributed by atoms with Crippen molar-refractivity contribution in [3.8, 4) is 0 Å². The topological polar surface area (TPSA) is 121 Å². The summed E-state index contributed by atoms with van der Waals surface area (Å²) in [6.45, 7) is 5.60. The number of anilines is 3. The average Bonchev–Trinajstić information content (AvgIpc) is 3.05. The Balaban J connectivity index is 1.48. The minimum absolute atomic E-state index is 0.0230. The fourth-order valence-corrected chi connectivity index (χ4v) is 5.01. The highest BCUT2D eigenvalue weighted by Gasteiger charge is 2.39. The van der Waals surface area contributed by atoms with Crippen molar-refractivity contribution in [3.05, 3.63) is 82.3 Å². The van der Waals surface area contributed by atoms with Crippen molar-refractivity contribution in [2.75, 3.05) is 14.9 Å². The molecule has 0 fully saturated rings. The van der Waals surface area contributed by atoms with E-state index in [1.807, 2.05) is 12.1 Å². The number of imide groups is 1. The minimum atomic E-state index is -3.95. The highest BCUT2D eigenvalue weighted by atomic mass is 35.5. The summed E-state index contributed by atoms with van der Waals surface area (Å²) in [7, 11) is -3.95. The first-order valence-corrected chi connectivity index (χ1v) is 13.5. The van der Waals surface area contributed by atoms with E-state index in [1.54, 1.807) is 32.0 Å². The van der Waals surface area contributed by atoms with E-state index < -0.39 is 21.8 Å². The van der Waals surface area contributed by atoms with Gasteiger partial charge in [0.05, 0.1) is 10.6 Å². The van der Waals surface area contributed by atoms with E-state index in [2.05, 4.69) is 26.9 Å². The van der Waals surface area contributed by atoms with E-state index in [4.69, 9.17) is 11.6 Å². The number of nitrogens with one attached hydrogen (secondary N) is 2. The predicted octanol–water partition coefficient (Wildman–Crippen LogP) is 4.67. The summed E-state index contributed by atoms with van der Waals surface area (Å²) in [5.74, 6) is -1.25. The summed E-state index contributed by atoms with van der Waals surface area (Å²) < 4.78 is 27.9. The van der Waals surface area contributed by atoms with Crippen molar-refractivity contribution in [3.63, 3.8) is 0 Å². The van der Waals surface area contributed by atoms with Gasteiger partial charge in [0, 0.05) is 17.1 Å². The SMILES string of the molecule is CCCCc1ccc(N2C(=O)C(Cl)=C(Nc3ccc(S(=O)(=O)Nc4nc(C)cc(C)n4)cc3)C2=O)cc1. The Hall–Kier alpha value is -3.76. The van der Waals surface area contributed by atoms with Gasteiger partial charge in [-0.1, -0.05) is 37.1 Å². The Morgan fingerprint density at radius 2 is 1.54 bits per heavy atom. The van der Waals surface area contributed by atoms with Gasteiger partial charge < -0.3 is 5.32 Å². The Morgan fingerprint density at radius 1 is 0.919 bits per heavy atom. The maximum atomic E-state index is 13.1. The molecule has 0 atom stereocenters. The molecule has 11 heteroatoms. The number of sulfonamides is 1. The lowest BCUT2D eigenvalue weighted by molar-refractivity contribution is -0.120. The largest absolute Gasteiger partial charge is 0.350 e. The van der Waals surface area contributed by atoms with Gasteiger partial charge in [-0.15, -0.1) is 0 Å². The van der Waals surface area contributed by atoms with Crippen LogP contribution in [0.2, 0.25) is 0 Å². The molecule has 2 aromatic carbocycles. The Labute approximate surface area is 220 Å². The van der Waals surface area contributed by atoms with Crippen molar-refractivity contribution < 1.29 is 18.0 Å². The summed E-state index contributed by atoms with van der Waals surface area (Å²) in [5.41, 5.74) is 3.10. The van der Waals surface area contributed by atoms with Crippen LogP contribution < -0.4 is 14.9 Å². The summed E-state index contributed by atoms with van der Waals surface area (Å²) in [6.07, 6.45) is 3.05. The van der Waals surface area contributed by atoms with Gasteiger partial charge >= 0.3 is 0 Å². The quantitative estimate of drug-likeness (QED) is 0.379. The van der Waals surface area contributed by atoms with Gasteiger partial charge in [-0.2, -0.15) is 0 Å². The normalized spacial score (nSPS) is 13.9. The molecule has 37 heavy (non-hydrogen) atoms. The first-order valence-electron chi connectivity index (χ1n) is 11.7. The van der Waals surface area contributed by atoms with Gasteiger partial charge in [-0.05, 0) is 74.7 Å². The van der Waals surface area contributed by atoms with Gasteiger partial charge in [0.25, 0.3) is 21.8 Å². The van der Waals surface area contributed by atoms with Crippen LogP contribution in [-0.4, -0.2) is 30.2 Å². The van der Waals surface area contributed by atoms with Crippen LogP contribution in [-0.2, 0) is 26.0 Å². The number of aryl methyl sites for hydroxylation is 3. The van der Waals surface area contributed by atoms with E-state index >= 15 is 0 Å². The Bertz CT molecular complexity index is 1470. The molecule has 0 bridgehead atoms. The van der Waals surface area contributed by atoms with Crippen LogP contribution >= 0.6 is 11.6 Å². The number of benzene rings is 2. The number of rotatable bonds is 9. The molecule has 192 valence electrons. The molecule has 1 aliphatic heterocycles. The van der Waals surface area contributed by atoms with Gasteiger partial charge in [0.15, 0.2) is 0 Å². The standard InChI is InChI=1S/C26H26ClN5O4S/c1-4-5-6-18-7-11-20(12-8-18)32-24(33)22(27)23(25(32)34)30-19-9-13-21(14-10-19)37(35,36)31-26-28-16(2)15-17(3)29-26/h7-15,30H,4-6H2,1-3H3,(H,28,29,31). The molecule has 0 radical (unpaired) electrons. The summed E-state index contributed by atoms with van der Waals surface area (Å²) in [6, 6.07) is 14.6. The number of amides is 2. The maximum Gasteiger partial charge on any atom is 0.283 e. The van der Waals surface area contributed by atoms with Crippen LogP contribution in [0.5, 0.6) is 0 Å². The molecule has 2 heterocycles. The second-order valence-corrected chi connectivity index (χ2v) is 10.7. The number of nitrogens with zero attached hydrogens (tertiary/aromatic N) is 3. The predicted molar refractivity (Wildman–Crippen MR) is 143 cm³/mol. The highest BCUT2D eigenvalue weighted by Crippen LogP contribution is 2.30. The lowest BCUT2D eigenvalue weighted by atomic mass is 10.1. The van der Waals surface area contributed by atoms with Gasteiger partial charge in [-0.25, -0.2) is 28.0 Å². The third-order valence-corrected chi connectivity index (χ3v) is 7.38. The molecule has 4 rings (SSSR count). The minimum Gasteiger partial charge on any atom is -0.350 e. The Kier molecular flexibility index (Phi) is 7.60.